The van der Waals surface area contributed by atoms with Crippen LogP contribution in [-0.2, 0) is 9.53 Å². The number of benzene rings is 3. The van der Waals surface area contributed by atoms with Crippen molar-refractivity contribution >= 4 is 22.4 Å². The summed E-state index contributed by atoms with van der Waals surface area (Å²) in [6, 6.07) is 23.7. The van der Waals surface area contributed by atoms with Gasteiger partial charge in [-0.2, -0.15) is 0 Å². The van der Waals surface area contributed by atoms with Crippen LogP contribution < -0.4 is 5.32 Å². The lowest BCUT2D eigenvalue weighted by atomic mass is 9.96. The molecule has 0 amide bonds. The molecule has 0 saturated carbocycles. The second-order valence-electron chi connectivity index (χ2n) is 5.57. The molecule has 3 aromatic rings. The van der Waals surface area contributed by atoms with E-state index in [1.165, 1.54) is 7.11 Å². The fourth-order valence-electron chi connectivity index (χ4n) is 2.71. The van der Waals surface area contributed by atoms with Gasteiger partial charge in [0.25, 0.3) is 0 Å². The molecule has 0 saturated heterocycles. The van der Waals surface area contributed by atoms with E-state index in [1.807, 2.05) is 48.5 Å². The Morgan fingerprint density at radius 2 is 1.62 bits per heavy atom. The van der Waals surface area contributed by atoms with E-state index >= 15 is 0 Å². The molecule has 0 radical (unpaired) electrons. The van der Waals surface area contributed by atoms with Gasteiger partial charge in [0.1, 0.15) is 0 Å². The molecule has 24 heavy (non-hydrogen) atoms. The molecule has 1 atom stereocenters. The number of methoxy groups -OCH3 is 1. The van der Waals surface area contributed by atoms with Crippen molar-refractivity contribution < 1.29 is 9.53 Å². The summed E-state index contributed by atoms with van der Waals surface area (Å²) in [4.78, 5) is 12.0. The van der Waals surface area contributed by atoms with Crippen molar-refractivity contribution in [1.82, 2.24) is 0 Å². The molecule has 3 rings (SSSR count). The highest BCUT2D eigenvalue weighted by Gasteiger charge is 2.21. The second kappa shape index (κ2) is 7.01. The van der Waals surface area contributed by atoms with Crippen LogP contribution in [0.15, 0.2) is 84.9 Å². The minimum Gasteiger partial charge on any atom is -0.466 e. The molecule has 0 aliphatic heterocycles. The molecule has 120 valence electrons. The minimum atomic E-state index is -0.420. The molecule has 0 spiro atoms. The van der Waals surface area contributed by atoms with Crippen molar-refractivity contribution in [2.45, 2.75) is 6.04 Å². The summed E-state index contributed by atoms with van der Waals surface area (Å²) >= 11 is 0. The lowest BCUT2D eigenvalue weighted by Crippen LogP contribution is -2.19. The SMILES string of the molecule is C=C(C(=O)OC)C(Nc1ccccc1)c1ccc2ccccc2c1. The van der Waals surface area contributed by atoms with Crippen LogP contribution in [-0.4, -0.2) is 13.1 Å². The van der Waals surface area contributed by atoms with Crippen molar-refractivity contribution in [2.75, 3.05) is 12.4 Å². The maximum absolute atomic E-state index is 12.0. The maximum atomic E-state index is 12.0. The molecule has 1 unspecified atom stereocenters. The first-order valence-electron chi connectivity index (χ1n) is 7.76. The quantitative estimate of drug-likeness (QED) is 0.546. The largest absolute Gasteiger partial charge is 0.466 e. The average molecular weight is 317 g/mol. The van der Waals surface area contributed by atoms with Gasteiger partial charge < -0.3 is 10.1 Å². The standard InChI is InChI=1S/C21H19NO2/c1-15(21(23)24-2)20(22-19-10-4-3-5-11-19)18-13-12-16-8-6-7-9-17(16)14-18/h3-14,20,22H,1H2,2H3. The predicted octanol–water partition coefficient (Wildman–Crippen LogP) is 4.72. The molecular weight excluding hydrogens is 298 g/mol. The van der Waals surface area contributed by atoms with Gasteiger partial charge in [-0.05, 0) is 34.5 Å². The Kier molecular flexibility index (Phi) is 4.62. The van der Waals surface area contributed by atoms with E-state index < -0.39 is 5.97 Å². The van der Waals surface area contributed by atoms with E-state index in [4.69, 9.17) is 4.74 Å². The number of rotatable bonds is 5. The molecule has 0 aromatic heterocycles. The Morgan fingerprint density at radius 3 is 2.33 bits per heavy atom. The number of ether oxygens (including phenoxy) is 1. The number of carbonyl (C=O) groups excluding carboxylic acids is 1. The Morgan fingerprint density at radius 1 is 0.958 bits per heavy atom. The summed E-state index contributed by atoms with van der Waals surface area (Å²) in [5.41, 5.74) is 2.25. The van der Waals surface area contributed by atoms with E-state index in [2.05, 4.69) is 36.2 Å². The lowest BCUT2D eigenvalue weighted by Gasteiger charge is -2.22. The molecule has 0 bridgehead atoms. The second-order valence-corrected chi connectivity index (χ2v) is 5.57. The summed E-state index contributed by atoms with van der Waals surface area (Å²) in [6.07, 6.45) is 0. The van der Waals surface area contributed by atoms with Crippen LogP contribution in [0.3, 0.4) is 0 Å². The molecule has 1 N–H and O–H groups in total. The average Bonchev–Trinajstić information content (AvgIpc) is 2.65. The van der Waals surface area contributed by atoms with Gasteiger partial charge in [-0.1, -0.05) is 61.2 Å². The molecule has 0 fully saturated rings. The number of anilines is 1. The smallest absolute Gasteiger partial charge is 0.335 e. The first-order chi connectivity index (χ1) is 11.7. The van der Waals surface area contributed by atoms with Gasteiger partial charge in [0.2, 0.25) is 0 Å². The van der Waals surface area contributed by atoms with Gasteiger partial charge >= 0.3 is 5.97 Å². The highest BCUT2D eigenvalue weighted by Crippen LogP contribution is 2.29. The van der Waals surface area contributed by atoms with Crippen LogP contribution in [0.4, 0.5) is 5.69 Å². The van der Waals surface area contributed by atoms with Crippen molar-refractivity contribution in [2.24, 2.45) is 0 Å². The van der Waals surface area contributed by atoms with Crippen molar-refractivity contribution in [3.63, 3.8) is 0 Å². The van der Waals surface area contributed by atoms with Gasteiger partial charge in [-0.25, -0.2) is 4.79 Å². The molecular formula is C21H19NO2. The maximum Gasteiger partial charge on any atom is 0.335 e. The van der Waals surface area contributed by atoms with Gasteiger partial charge in [0.05, 0.1) is 18.7 Å². The normalized spacial score (nSPS) is 11.7. The highest BCUT2D eigenvalue weighted by molar-refractivity contribution is 5.91. The number of nitrogens with one attached hydrogen (secondary N) is 1. The number of hydrogen-bond donors (Lipinski definition) is 1. The van der Waals surface area contributed by atoms with Crippen LogP contribution >= 0.6 is 0 Å². The zero-order chi connectivity index (χ0) is 16.9. The zero-order valence-corrected chi connectivity index (χ0v) is 13.5. The Labute approximate surface area is 141 Å². The molecule has 3 aromatic carbocycles. The first-order valence-corrected chi connectivity index (χ1v) is 7.76. The van der Waals surface area contributed by atoms with Crippen LogP contribution in [0.1, 0.15) is 11.6 Å². The number of hydrogen-bond acceptors (Lipinski definition) is 3. The molecule has 0 heterocycles. The predicted molar refractivity (Wildman–Crippen MR) is 97.9 cm³/mol. The summed E-state index contributed by atoms with van der Waals surface area (Å²) in [7, 11) is 1.37. The molecule has 3 nitrogen and oxygen atoms in total. The molecule has 3 heteroatoms. The van der Waals surface area contributed by atoms with Gasteiger partial charge in [-0.15, -0.1) is 0 Å². The number of carbonyl (C=O) groups is 1. The van der Waals surface area contributed by atoms with E-state index in [9.17, 15) is 4.79 Å². The fraction of sp³-hybridized carbons (Fsp3) is 0.0952. The van der Waals surface area contributed by atoms with Crippen LogP contribution in [0.25, 0.3) is 10.8 Å². The number of para-hydroxylation sites is 1. The van der Waals surface area contributed by atoms with Crippen LogP contribution in [0, 0.1) is 0 Å². The van der Waals surface area contributed by atoms with Crippen LogP contribution in [0.5, 0.6) is 0 Å². The van der Waals surface area contributed by atoms with Gasteiger partial charge in [0.15, 0.2) is 0 Å². The third-order valence-corrected chi connectivity index (χ3v) is 3.99. The van der Waals surface area contributed by atoms with E-state index in [0.717, 1.165) is 22.0 Å². The topological polar surface area (TPSA) is 38.3 Å². The van der Waals surface area contributed by atoms with Crippen molar-refractivity contribution in [3.8, 4) is 0 Å². The van der Waals surface area contributed by atoms with Crippen molar-refractivity contribution in [3.05, 3.63) is 90.5 Å². The summed E-state index contributed by atoms with van der Waals surface area (Å²) < 4.78 is 4.86. The fourth-order valence-corrected chi connectivity index (χ4v) is 2.71. The number of fused-ring (bicyclic) bond motifs is 1. The van der Waals surface area contributed by atoms with E-state index in [-0.39, 0.29) is 6.04 Å². The Bertz CT molecular complexity index is 871. The number of esters is 1. The first kappa shape index (κ1) is 15.8. The van der Waals surface area contributed by atoms with E-state index in [0.29, 0.717) is 5.57 Å². The van der Waals surface area contributed by atoms with Crippen LogP contribution in [0.2, 0.25) is 0 Å². The third kappa shape index (κ3) is 3.30. The third-order valence-electron chi connectivity index (χ3n) is 3.99. The molecule has 0 aliphatic carbocycles. The zero-order valence-electron chi connectivity index (χ0n) is 13.5. The Balaban J connectivity index is 2.01. The summed E-state index contributed by atoms with van der Waals surface area (Å²) in [5.74, 6) is -0.420. The molecule has 0 aliphatic rings. The summed E-state index contributed by atoms with van der Waals surface area (Å²) in [5, 5.41) is 5.65. The lowest BCUT2D eigenvalue weighted by molar-refractivity contribution is -0.136. The van der Waals surface area contributed by atoms with Gasteiger partial charge in [0, 0.05) is 5.69 Å². The van der Waals surface area contributed by atoms with Crippen molar-refractivity contribution in [1.29, 1.82) is 0 Å². The monoisotopic (exact) mass is 317 g/mol. The Hall–Kier alpha value is -3.07. The highest BCUT2D eigenvalue weighted by atomic mass is 16.5. The van der Waals surface area contributed by atoms with Gasteiger partial charge in [-0.3, -0.25) is 0 Å². The summed E-state index contributed by atoms with van der Waals surface area (Å²) in [6.45, 7) is 3.94. The van der Waals surface area contributed by atoms with E-state index in [1.54, 1.807) is 0 Å². The minimum absolute atomic E-state index is 0.357.